The number of carbonyl (C=O) groups excluding carboxylic acids is 1. The molecule has 19 heavy (non-hydrogen) atoms. The lowest BCUT2D eigenvalue weighted by molar-refractivity contribution is -0.142. The van der Waals surface area contributed by atoms with Gasteiger partial charge in [-0.1, -0.05) is 13.8 Å². The van der Waals surface area contributed by atoms with Crippen LogP contribution in [0.3, 0.4) is 0 Å². The standard InChI is InChI=1S/C14H24N2O3/c1-14(2)7-8-16(9-14)13(19)15-11-5-3-10(4-6-11)12(17)18/h10-11H,3-9H2,1-2H3,(H,15,19)(H,17,18). The van der Waals surface area contributed by atoms with Crippen LogP contribution < -0.4 is 5.32 Å². The third-order valence-electron chi connectivity index (χ3n) is 4.37. The van der Waals surface area contributed by atoms with Crippen LogP contribution >= 0.6 is 0 Å². The first-order valence-electron chi connectivity index (χ1n) is 7.16. The highest BCUT2D eigenvalue weighted by molar-refractivity contribution is 5.75. The van der Waals surface area contributed by atoms with Gasteiger partial charge in [-0.05, 0) is 37.5 Å². The molecule has 0 radical (unpaired) electrons. The van der Waals surface area contributed by atoms with Crippen molar-refractivity contribution in [3.8, 4) is 0 Å². The first kappa shape index (κ1) is 14.2. The Morgan fingerprint density at radius 3 is 2.32 bits per heavy atom. The molecule has 2 rings (SSSR count). The second-order valence-electron chi connectivity index (χ2n) is 6.67. The van der Waals surface area contributed by atoms with E-state index in [1.807, 2.05) is 4.90 Å². The minimum Gasteiger partial charge on any atom is -0.481 e. The molecular formula is C14H24N2O3. The van der Waals surface area contributed by atoms with E-state index in [1.165, 1.54) is 0 Å². The van der Waals surface area contributed by atoms with Crippen molar-refractivity contribution >= 4 is 12.0 Å². The normalized spacial score (nSPS) is 30.1. The fourth-order valence-electron chi connectivity index (χ4n) is 3.04. The number of hydrogen-bond acceptors (Lipinski definition) is 2. The Morgan fingerprint density at radius 1 is 1.21 bits per heavy atom. The second kappa shape index (κ2) is 5.39. The predicted octanol–water partition coefficient (Wildman–Crippen LogP) is 2.07. The van der Waals surface area contributed by atoms with Gasteiger partial charge < -0.3 is 15.3 Å². The quantitative estimate of drug-likeness (QED) is 0.805. The summed E-state index contributed by atoms with van der Waals surface area (Å²) in [7, 11) is 0. The van der Waals surface area contributed by atoms with Crippen LogP contribution in [0.5, 0.6) is 0 Å². The summed E-state index contributed by atoms with van der Waals surface area (Å²) in [6, 6.07) is 0.163. The molecule has 0 unspecified atom stereocenters. The number of rotatable bonds is 2. The smallest absolute Gasteiger partial charge is 0.317 e. The van der Waals surface area contributed by atoms with Gasteiger partial charge in [-0.2, -0.15) is 0 Å². The SMILES string of the molecule is CC1(C)CCN(C(=O)NC2CCC(C(=O)O)CC2)C1. The van der Waals surface area contributed by atoms with Crippen molar-refractivity contribution in [3.63, 3.8) is 0 Å². The molecule has 0 bridgehead atoms. The van der Waals surface area contributed by atoms with Crippen LogP contribution in [-0.2, 0) is 4.79 Å². The van der Waals surface area contributed by atoms with Crippen molar-refractivity contribution in [2.24, 2.45) is 11.3 Å². The van der Waals surface area contributed by atoms with Crippen LogP contribution in [-0.4, -0.2) is 41.1 Å². The molecule has 1 aliphatic carbocycles. The van der Waals surface area contributed by atoms with Crippen molar-refractivity contribution in [2.75, 3.05) is 13.1 Å². The average Bonchev–Trinajstić information content (AvgIpc) is 2.70. The first-order chi connectivity index (χ1) is 8.87. The van der Waals surface area contributed by atoms with Crippen molar-refractivity contribution in [3.05, 3.63) is 0 Å². The summed E-state index contributed by atoms with van der Waals surface area (Å²) in [5.74, 6) is -0.926. The van der Waals surface area contributed by atoms with Crippen LogP contribution in [0.1, 0.15) is 46.0 Å². The lowest BCUT2D eigenvalue weighted by Gasteiger charge is -2.29. The third-order valence-corrected chi connectivity index (χ3v) is 4.37. The van der Waals surface area contributed by atoms with Crippen LogP contribution in [0.15, 0.2) is 0 Å². The number of carbonyl (C=O) groups is 2. The zero-order valence-corrected chi connectivity index (χ0v) is 11.8. The molecule has 108 valence electrons. The van der Waals surface area contributed by atoms with Gasteiger partial charge in [0.1, 0.15) is 0 Å². The maximum Gasteiger partial charge on any atom is 0.317 e. The molecule has 1 heterocycles. The molecule has 1 saturated carbocycles. The lowest BCUT2D eigenvalue weighted by atomic mass is 9.86. The maximum atomic E-state index is 12.1. The van der Waals surface area contributed by atoms with Crippen LogP contribution in [0.4, 0.5) is 4.79 Å². The maximum absolute atomic E-state index is 12.1. The number of urea groups is 1. The van der Waals surface area contributed by atoms with Gasteiger partial charge >= 0.3 is 12.0 Å². The highest BCUT2D eigenvalue weighted by Crippen LogP contribution is 2.29. The van der Waals surface area contributed by atoms with Gasteiger partial charge in [0.2, 0.25) is 0 Å². The minimum atomic E-state index is -0.703. The number of carboxylic acid groups (broad SMARTS) is 1. The number of amides is 2. The van der Waals surface area contributed by atoms with Crippen molar-refractivity contribution in [1.82, 2.24) is 10.2 Å². The van der Waals surface area contributed by atoms with Gasteiger partial charge in [0.05, 0.1) is 5.92 Å². The molecule has 2 fully saturated rings. The van der Waals surface area contributed by atoms with E-state index in [-0.39, 0.29) is 23.4 Å². The molecule has 5 heteroatoms. The molecule has 0 atom stereocenters. The Morgan fingerprint density at radius 2 is 1.84 bits per heavy atom. The van der Waals surface area contributed by atoms with E-state index in [0.717, 1.165) is 32.4 Å². The molecule has 1 saturated heterocycles. The molecule has 2 amide bonds. The highest BCUT2D eigenvalue weighted by atomic mass is 16.4. The Labute approximate surface area is 114 Å². The Kier molecular flexibility index (Phi) is 4.02. The number of nitrogens with one attached hydrogen (secondary N) is 1. The molecule has 0 spiro atoms. The molecule has 0 aromatic rings. The van der Waals surface area contributed by atoms with E-state index >= 15 is 0 Å². The Bertz CT molecular complexity index is 360. The van der Waals surface area contributed by atoms with E-state index in [2.05, 4.69) is 19.2 Å². The van der Waals surface area contributed by atoms with E-state index in [1.54, 1.807) is 0 Å². The summed E-state index contributed by atoms with van der Waals surface area (Å²) in [5, 5.41) is 12.0. The van der Waals surface area contributed by atoms with Gasteiger partial charge in [-0.25, -0.2) is 4.79 Å². The summed E-state index contributed by atoms with van der Waals surface area (Å²) in [6.45, 7) is 5.99. The second-order valence-corrected chi connectivity index (χ2v) is 6.67. The number of aliphatic carboxylic acids is 1. The zero-order valence-electron chi connectivity index (χ0n) is 11.8. The summed E-state index contributed by atoms with van der Waals surface area (Å²) >= 11 is 0. The summed E-state index contributed by atoms with van der Waals surface area (Å²) in [5.41, 5.74) is 0.221. The van der Waals surface area contributed by atoms with Crippen molar-refractivity contribution < 1.29 is 14.7 Å². The van der Waals surface area contributed by atoms with E-state index in [9.17, 15) is 9.59 Å². The van der Waals surface area contributed by atoms with Gasteiger partial charge in [0.15, 0.2) is 0 Å². The monoisotopic (exact) mass is 268 g/mol. The number of nitrogens with zero attached hydrogens (tertiary/aromatic N) is 1. The van der Waals surface area contributed by atoms with Gasteiger partial charge in [0, 0.05) is 19.1 Å². The first-order valence-corrected chi connectivity index (χ1v) is 7.16. The summed E-state index contributed by atoms with van der Waals surface area (Å²) in [4.78, 5) is 24.9. The molecule has 0 aromatic carbocycles. The lowest BCUT2D eigenvalue weighted by Crippen LogP contribution is -2.45. The van der Waals surface area contributed by atoms with Crippen molar-refractivity contribution in [1.29, 1.82) is 0 Å². The number of likely N-dealkylation sites (tertiary alicyclic amines) is 1. The van der Waals surface area contributed by atoms with Gasteiger partial charge in [0.25, 0.3) is 0 Å². The summed E-state index contributed by atoms with van der Waals surface area (Å²) < 4.78 is 0. The van der Waals surface area contributed by atoms with E-state index in [0.29, 0.717) is 12.8 Å². The fourth-order valence-corrected chi connectivity index (χ4v) is 3.04. The van der Waals surface area contributed by atoms with Crippen molar-refractivity contribution in [2.45, 2.75) is 52.0 Å². The van der Waals surface area contributed by atoms with Gasteiger partial charge in [-0.3, -0.25) is 4.79 Å². The minimum absolute atomic E-state index is 0.0179. The predicted molar refractivity (Wildman–Crippen MR) is 71.9 cm³/mol. The number of carboxylic acids is 1. The van der Waals surface area contributed by atoms with E-state index < -0.39 is 5.97 Å². The largest absolute Gasteiger partial charge is 0.481 e. The van der Waals surface area contributed by atoms with Crippen LogP contribution in [0.25, 0.3) is 0 Å². The topological polar surface area (TPSA) is 69.6 Å². The molecule has 2 aliphatic rings. The third kappa shape index (κ3) is 3.61. The molecule has 0 aromatic heterocycles. The van der Waals surface area contributed by atoms with Crippen LogP contribution in [0, 0.1) is 11.3 Å². The average molecular weight is 268 g/mol. The van der Waals surface area contributed by atoms with Gasteiger partial charge in [-0.15, -0.1) is 0 Å². The molecule has 5 nitrogen and oxygen atoms in total. The molecule has 1 aliphatic heterocycles. The Hall–Kier alpha value is -1.26. The highest BCUT2D eigenvalue weighted by Gasteiger charge is 2.33. The molecular weight excluding hydrogens is 244 g/mol. The fraction of sp³-hybridized carbons (Fsp3) is 0.857. The van der Waals surface area contributed by atoms with Crippen LogP contribution in [0.2, 0.25) is 0 Å². The zero-order chi connectivity index (χ0) is 14.0. The van der Waals surface area contributed by atoms with E-state index in [4.69, 9.17) is 5.11 Å². The number of hydrogen-bond donors (Lipinski definition) is 2. The Balaban J connectivity index is 1.77. The summed E-state index contributed by atoms with van der Waals surface area (Å²) in [6.07, 6.45) is 3.95. The molecule has 2 N–H and O–H groups in total.